The first-order valence-corrected chi connectivity index (χ1v) is 6.30. The molecule has 18 heavy (non-hydrogen) atoms. The Morgan fingerprint density at radius 3 is 2.83 bits per heavy atom. The molecule has 1 aliphatic carbocycles. The summed E-state index contributed by atoms with van der Waals surface area (Å²) in [5.41, 5.74) is 0.890. The van der Waals surface area contributed by atoms with Gasteiger partial charge in [-0.2, -0.15) is 0 Å². The van der Waals surface area contributed by atoms with Gasteiger partial charge in [0.2, 0.25) is 5.91 Å². The van der Waals surface area contributed by atoms with Crippen molar-refractivity contribution >= 4 is 5.91 Å². The molecular weight excluding hydrogens is 233 g/mol. The topological polar surface area (TPSA) is 49.3 Å². The predicted octanol–water partition coefficient (Wildman–Crippen LogP) is 1.75. The number of aliphatic hydroxyl groups excluding tert-OH is 1. The number of hydrogen-bond acceptors (Lipinski definition) is 2. The molecule has 2 N–H and O–H groups in total. The van der Waals surface area contributed by atoms with Gasteiger partial charge in [0.15, 0.2) is 0 Å². The van der Waals surface area contributed by atoms with Gasteiger partial charge in [0.25, 0.3) is 0 Å². The first kappa shape index (κ1) is 13.0. The molecule has 0 saturated heterocycles. The van der Waals surface area contributed by atoms with Gasteiger partial charge >= 0.3 is 0 Å². The number of aliphatic hydroxyl groups is 1. The molecule has 3 nitrogen and oxygen atoms in total. The van der Waals surface area contributed by atoms with Gasteiger partial charge in [-0.15, -0.1) is 0 Å². The molecule has 0 atom stereocenters. The average Bonchev–Trinajstić information content (AvgIpc) is 3.15. The van der Waals surface area contributed by atoms with Crippen LogP contribution >= 0.6 is 0 Å². The van der Waals surface area contributed by atoms with Crippen molar-refractivity contribution in [3.63, 3.8) is 0 Å². The standard InChI is InChI=1S/C14H18FNO2/c15-12-4-1-3-11(9-12)14(6-7-14)10-16-13(18)5-2-8-17/h1,3-4,9,17H,2,5-8,10H2,(H,16,18). The van der Waals surface area contributed by atoms with E-state index in [1.54, 1.807) is 12.1 Å². The Bertz CT molecular complexity index is 430. The Labute approximate surface area is 106 Å². The molecule has 98 valence electrons. The molecule has 0 heterocycles. The molecule has 0 radical (unpaired) electrons. The number of benzene rings is 1. The first-order chi connectivity index (χ1) is 8.66. The van der Waals surface area contributed by atoms with Gasteiger partial charge in [0, 0.05) is 25.0 Å². The second kappa shape index (κ2) is 5.48. The third-order valence-corrected chi connectivity index (χ3v) is 3.48. The number of halogens is 1. The minimum Gasteiger partial charge on any atom is -0.396 e. The molecule has 0 aromatic heterocycles. The van der Waals surface area contributed by atoms with Crippen LogP contribution in [0.25, 0.3) is 0 Å². The number of hydrogen-bond donors (Lipinski definition) is 2. The lowest BCUT2D eigenvalue weighted by atomic mass is 9.96. The predicted molar refractivity (Wildman–Crippen MR) is 66.6 cm³/mol. The average molecular weight is 251 g/mol. The summed E-state index contributed by atoms with van der Waals surface area (Å²) in [6.45, 7) is 0.586. The SMILES string of the molecule is O=C(CCCO)NCC1(c2cccc(F)c2)CC1. The van der Waals surface area contributed by atoms with Gasteiger partial charge in [-0.25, -0.2) is 4.39 Å². The fourth-order valence-electron chi connectivity index (χ4n) is 2.13. The van der Waals surface area contributed by atoms with E-state index in [-0.39, 0.29) is 23.7 Å². The maximum absolute atomic E-state index is 13.2. The van der Waals surface area contributed by atoms with Crippen LogP contribution in [-0.2, 0) is 10.2 Å². The summed E-state index contributed by atoms with van der Waals surface area (Å²) in [6, 6.07) is 6.60. The van der Waals surface area contributed by atoms with Crippen LogP contribution in [0.5, 0.6) is 0 Å². The zero-order valence-corrected chi connectivity index (χ0v) is 10.3. The third-order valence-electron chi connectivity index (χ3n) is 3.48. The summed E-state index contributed by atoms with van der Waals surface area (Å²) in [7, 11) is 0. The molecule has 0 bridgehead atoms. The molecule has 0 aliphatic heterocycles. The zero-order valence-electron chi connectivity index (χ0n) is 10.3. The van der Waals surface area contributed by atoms with Gasteiger partial charge < -0.3 is 10.4 Å². The van der Waals surface area contributed by atoms with E-state index in [4.69, 9.17) is 5.11 Å². The van der Waals surface area contributed by atoms with Crippen LogP contribution in [0.2, 0.25) is 0 Å². The molecule has 1 amide bonds. The van der Waals surface area contributed by atoms with E-state index in [1.165, 1.54) is 6.07 Å². The molecule has 4 heteroatoms. The highest BCUT2D eigenvalue weighted by atomic mass is 19.1. The molecular formula is C14H18FNO2. The van der Waals surface area contributed by atoms with Crippen molar-refractivity contribution in [1.29, 1.82) is 0 Å². The van der Waals surface area contributed by atoms with E-state index in [1.807, 2.05) is 6.07 Å². The zero-order chi connectivity index (χ0) is 13.0. The monoisotopic (exact) mass is 251 g/mol. The molecule has 1 fully saturated rings. The van der Waals surface area contributed by atoms with Crippen molar-refractivity contribution in [2.24, 2.45) is 0 Å². The Balaban J connectivity index is 1.91. The Morgan fingerprint density at radius 2 is 2.22 bits per heavy atom. The second-order valence-corrected chi connectivity index (χ2v) is 4.89. The van der Waals surface area contributed by atoms with Gasteiger partial charge in [0.1, 0.15) is 5.82 Å². The van der Waals surface area contributed by atoms with Crippen molar-refractivity contribution in [2.75, 3.05) is 13.2 Å². The normalized spacial score (nSPS) is 16.3. The van der Waals surface area contributed by atoms with Crippen LogP contribution in [0.15, 0.2) is 24.3 Å². The van der Waals surface area contributed by atoms with Crippen LogP contribution in [-0.4, -0.2) is 24.2 Å². The van der Waals surface area contributed by atoms with Crippen molar-refractivity contribution in [3.05, 3.63) is 35.6 Å². The highest BCUT2D eigenvalue weighted by Crippen LogP contribution is 2.47. The lowest BCUT2D eigenvalue weighted by Gasteiger charge is -2.16. The molecule has 1 aromatic rings. The Morgan fingerprint density at radius 1 is 1.44 bits per heavy atom. The van der Waals surface area contributed by atoms with E-state index in [9.17, 15) is 9.18 Å². The maximum atomic E-state index is 13.2. The fourth-order valence-corrected chi connectivity index (χ4v) is 2.13. The number of rotatable bonds is 6. The molecule has 1 aliphatic rings. The minimum atomic E-state index is -0.231. The minimum absolute atomic E-state index is 0.0302. The van der Waals surface area contributed by atoms with Crippen molar-refractivity contribution < 1.29 is 14.3 Å². The highest BCUT2D eigenvalue weighted by molar-refractivity contribution is 5.76. The first-order valence-electron chi connectivity index (χ1n) is 6.30. The molecule has 0 unspecified atom stereocenters. The molecule has 1 aromatic carbocycles. The van der Waals surface area contributed by atoms with Gasteiger partial charge in [0.05, 0.1) is 0 Å². The number of carbonyl (C=O) groups is 1. The van der Waals surface area contributed by atoms with Crippen LogP contribution in [0, 0.1) is 5.82 Å². The quantitative estimate of drug-likeness (QED) is 0.809. The lowest BCUT2D eigenvalue weighted by Crippen LogP contribution is -2.32. The Kier molecular flexibility index (Phi) is 3.97. The smallest absolute Gasteiger partial charge is 0.220 e. The summed E-state index contributed by atoms with van der Waals surface area (Å²) < 4.78 is 13.2. The summed E-state index contributed by atoms with van der Waals surface area (Å²) in [6.07, 6.45) is 2.79. The number of nitrogens with one attached hydrogen (secondary N) is 1. The summed E-state index contributed by atoms with van der Waals surface area (Å²) >= 11 is 0. The summed E-state index contributed by atoms with van der Waals surface area (Å²) in [4.78, 5) is 11.5. The van der Waals surface area contributed by atoms with Crippen molar-refractivity contribution in [2.45, 2.75) is 31.1 Å². The highest BCUT2D eigenvalue weighted by Gasteiger charge is 2.44. The van der Waals surface area contributed by atoms with E-state index in [2.05, 4.69) is 5.32 Å². The molecule has 1 saturated carbocycles. The van der Waals surface area contributed by atoms with Gasteiger partial charge in [-0.05, 0) is 37.0 Å². The fraction of sp³-hybridized carbons (Fsp3) is 0.500. The number of carbonyl (C=O) groups excluding carboxylic acids is 1. The molecule has 0 spiro atoms. The van der Waals surface area contributed by atoms with Crippen LogP contribution in [0.1, 0.15) is 31.2 Å². The number of amides is 1. The van der Waals surface area contributed by atoms with Crippen molar-refractivity contribution in [3.8, 4) is 0 Å². The summed E-state index contributed by atoms with van der Waals surface area (Å²) in [5.74, 6) is -0.280. The molecule has 2 rings (SSSR count). The van der Waals surface area contributed by atoms with Crippen molar-refractivity contribution in [1.82, 2.24) is 5.32 Å². The largest absolute Gasteiger partial charge is 0.396 e. The van der Waals surface area contributed by atoms with E-state index >= 15 is 0 Å². The van der Waals surface area contributed by atoms with Crippen LogP contribution < -0.4 is 5.32 Å². The maximum Gasteiger partial charge on any atom is 0.220 e. The lowest BCUT2D eigenvalue weighted by molar-refractivity contribution is -0.121. The van der Waals surface area contributed by atoms with Crippen LogP contribution in [0.3, 0.4) is 0 Å². The van der Waals surface area contributed by atoms with E-state index in [0.29, 0.717) is 19.4 Å². The summed E-state index contributed by atoms with van der Waals surface area (Å²) in [5, 5.41) is 11.5. The van der Waals surface area contributed by atoms with E-state index in [0.717, 1.165) is 18.4 Å². The van der Waals surface area contributed by atoms with E-state index < -0.39 is 0 Å². The van der Waals surface area contributed by atoms with Gasteiger partial charge in [-0.1, -0.05) is 12.1 Å². The van der Waals surface area contributed by atoms with Gasteiger partial charge in [-0.3, -0.25) is 4.79 Å². The third kappa shape index (κ3) is 3.07. The Hall–Kier alpha value is -1.42. The second-order valence-electron chi connectivity index (χ2n) is 4.89. The van der Waals surface area contributed by atoms with Crippen LogP contribution in [0.4, 0.5) is 4.39 Å².